The second-order valence-corrected chi connectivity index (χ2v) is 8.95. The summed E-state index contributed by atoms with van der Waals surface area (Å²) in [6.45, 7) is 20.2. The predicted molar refractivity (Wildman–Crippen MR) is 166 cm³/mol. The van der Waals surface area contributed by atoms with Gasteiger partial charge >= 0.3 is 0 Å². The van der Waals surface area contributed by atoms with Gasteiger partial charge in [-0.1, -0.05) is 88.7 Å². The molecular weight excluding hydrogens is 474 g/mol. The van der Waals surface area contributed by atoms with Crippen LogP contribution >= 0.6 is 11.8 Å². The molecule has 0 aliphatic heterocycles. The Hall–Kier alpha value is -2.96. The molecule has 0 fully saturated rings. The second kappa shape index (κ2) is 19.2. The highest BCUT2D eigenvalue weighted by atomic mass is 32.2. The zero-order chi connectivity index (χ0) is 27.5. The fraction of sp³-hybridized carbons (Fsp3) is 0.387. The van der Waals surface area contributed by atoms with Crippen LogP contribution in [0.4, 0.5) is 5.95 Å². The fourth-order valence-corrected chi connectivity index (χ4v) is 4.48. The van der Waals surface area contributed by atoms with Crippen LogP contribution in [0.2, 0.25) is 0 Å². The first-order valence-corrected chi connectivity index (χ1v) is 14.4. The van der Waals surface area contributed by atoms with E-state index in [0.717, 1.165) is 47.1 Å². The summed E-state index contributed by atoms with van der Waals surface area (Å²) in [5.41, 5.74) is 5.10. The second-order valence-electron chi connectivity index (χ2n) is 7.85. The molecule has 0 saturated heterocycles. The van der Waals surface area contributed by atoms with E-state index in [1.165, 1.54) is 11.1 Å². The van der Waals surface area contributed by atoms with Gasteiger partial charge < -0.3 is 10.6 Å². The topological polar surface area (TPSA) is 62.2 Å². The van der Waals surface area contributed by atoms with E-state index in [0.29, 0.717) is 5.95 Å². The molecular formula is C31H45N5S. The van der Waals surface area contributed by atoms with Crippen LogP contribution in [0.15, 0.2) is 71.9 Å². The van der Waals surface area contributed by atoms with E-state index in [1.54, 1.807) is 18.0 Å². The molecule has 3 rings (SSSR count). The van der Waals surface area contributed by atoms with Gasteiger partial charge in [-0.15, -0.1) is 11.8 Å². The Labute approximate surface area is 229 Å². The molecule has 2 N–H and O–H groups in total. The quantitative estimate of drug-likeness (QED) is 0.186. The number of hydrogen-bond acceptors (Lipinski definition) is 6. The molecule has 37 heavy (non-hydrogen) atoms. The molecule has 1 heterocycles. The first kappa shape index (κ1) is 32.1. The summed E-state index contributed by atoms with van der Waals surface area (Å²) in [6.07, 6.45) is 2.92. The third-order valence-corrected chi connectivity index (χ3v) is 6.25. The molecule has 0 amide bonds. The summed E-state index contributed by atoms with van der Waals surface area (Å²) in [5, 5.41) is 6.90. The fourth-order valence-electron chi connectivity index (χ4n) is 3.45. The lowest BCUT2D eigenvalue weighted by Gasteiger charge is -2.16. The minimum absolute atomic E-state index is 0.0912. The highest BCUT2D eigenvalue weighted by Crippen LogP contribution is 2.35. The summed E-state index contributed by atoms with van der Waals surface area (Å²) >= 11 is 1.75. The van der Waals surface area contributed by atoms with Gasteiger partial charge in [0.2, 0.25) is 5.95 Å². The van der Waals surface area contributed by atoms with E-state index in [-0.39, 0.29) is 6.04 Å². The van der Waals surface area contributed by atoms with Gasteiger partial charge in [0, 0.05) is 24.1 Å². The van der Waals surface area contributed by atoms with E-state index >= 15 is 0 Å². The number of benzene rings is 2. The van der Waals surface area contributed by atoms with Gasteiger partial charge in [-0.05, 0) is 51.2 Å². The Balaban J connectivity index is 0.00000163. The number of nitrogens with zero attached hydrogens (tertiary/aromatic N) is 3. The zero-order valence-corrected chi connectivity index (χ0v) is 24.5. The van der Waals surface area contributed by atoms with Gasteiger partial charge in [0.05, 0.1) is 22.3 Å². The van der Waals surface area contributed by atoms with Crippen molar-refractivity contribution in [3.8, 4) is 0 Å². The van der Waals surface area contributed by atoms with Gasteiger partial charge in [-0.2, -0.15) is 0 Å². The van der Waals surface area contributed by atoms with Crippen LogP contribution in [0, 0.1) is 6.92 Å². The first-order chi connectivity index (χ1) is 18.1. The van der Waals surface area contributed by atoms with Crippen molar-refractivity contribution in [3.05, 3.63) is 89.2 Å². The molecule has 1 unspecified atom stereocenters. The number of rotatable bonds is 12. The highest BCUT2D eigenvalue weighted by Gasteiger charge is 2.15. The number of aromatic nitrogens is 2. The number of nitrogens with one attached hydrogen (secondary N) is 2. The van der Waals surface area contributed by atoms with Crippen LogP contribution in [0.3, 0.4) is 0 Å². The van der Waals surface area contributed by atoms with Crippen molar-refractivity contribution in [3.63, 3.8) is 0 Å². The maximum Gasteiger partial charge on any atom is 0.223 e. The van der Waals surface area contributed by atoms with Crippen LogP contribution in [-0.4, -0.2) is 35.5 Å². The van der Waals surface area contributed by atoms with E-state index < -0.39 is 0 Å². The van der Waals surface area contributed by atoms with Gasteiger partial charge in [-0.25, -0.2) is 9.97 Å². The smallest absolute Gasteiger partial charge is 0.223 e. The lowest BCUT2D eigenvalue weighted by molar-refractivity contribution is 0.708. The van der Waals surface area contributed by atoms with Crippen LogP contribution in [0.1, 0.15) is 76.4 Å². The van der Waals surface area contributed by atoms with Crippen LogP contribution in [-0.2, 0) is 0 Å². The SMILES string of the molecule is C=N/C(=C(\SCCNCCC)c1ccnc(NC(C)c2ccccc2)n1)c1cccc(C)c1.CC.CC. The molecule has 6 heteroatoms. The number of thioether (sulfide) groups is 1. The Kier molecular flexibility index (Phi) is 16.6. The van der Waals surface area contributed by atoms with Crippen molar-refractivity contribution in [2.24, 2.45) is 4.99 Å². The predicted octanol–water partition coefficient (Wildman–Crippen LogP) is 8.27. The van der Waals surface area contributed by atoms with Gasteiger partial charge in [0.25, 0.3) is 0 Å². The lowest BCUT2D eigenvalue weighted by atomic mass is 10.1. The average molecular weight is 520 g/mol. The molecule has 1 atom stereocenters. The molecule has 1 aromatic heterocycles. The first-order valence-electron chi connectivity index (χ1n) is 13.4. The molecule has 0 bridgehead atoms. The summed E-state index contributed by atoms with van der Waals surface area (Å²) < 4.78 is 0. The molecule has 5 nitrogen and oxygen atoms in total. The van der Waals surface area contributed by atoms with Crippen LogP contribution in [0.5, 0.6) is 0 Å². The molecule has 0 radical (unpaired) electrons. The Morgan fingerprint density at radius 3 is 2.38 bits per heavy atom. The molecule has 3 aromatic rings. The van der Waals surface area contributed by atoms with Crippen molar-refractivity contribution in [1.82, 2.24) is 15.3 Å². The van der Waals surface area contributed by atoms with Gasteiger partial charge in [-0.3, -0.25) is 4.99 Å². The van der Waals surface area contributed by atoms with E-state index in [9.17, 15) is 0 Å². The summed E-state index contributed by atoms with van der Waals surface area (Å²) in [5.74, 6) is 1.51. The third kappa shape index (κ3) is 10.9. The Bertz CT molecular complexity index is 1070. The maximum atomic E-state index is 4.86. The van der Waals surface area contributed by atoms with Gasteiger partial charge in [0.15, 0.2) is 0 Å². The average Bonchev–Trinajstić information content (AvgIpc) is 2.95. The molecule has 200 valence electrons. The molecule has 2 aromatic carbocycles. The van der Waals surface area contributed by atoms with Crippen LogP contribution < -0.4 is 10.6 Å². The molecule has 0 saturated carbocycles. The highest BCUT2D eigenvalue weighted by molar-refractivity contribution is 8.08. The monoisotopic (exact) mass is 519 g/mol. The number of anilines is 1. The molecule has 0 aliphatic carbocycles. The number of aliphatic imine (C=N–C) groups is 1. The van der Waals surface area contributed by atoms with Gasteiger partial charge in [0.1, 0.15) is 0 Å². The van der Waals surface area contributed by atoms with Crippen molar-refractivity contribution in [2.45, 2.75) is 60.9 Å². The summed E-state index contributed by atoms with van der Waals surface area (Å²) in [6, 6.07) is 20.7. The number of aryl methyl sites for hydroxylation is 1. The normalized spacial score (nSPS) is 11.6. The number of hydrogen-bond donors (Lipinski definition) is 2. The van der Waals surface area contributed by atoms with Crippen molar-refractivity contribution < 1.29 is 0 Å². The standard InChI is InChI=1S/C27H33N5S.2C2H6/c1-5-15-29-17-18-33-26(25(28-4)23-13-9-10-20(2)19-23)24-14-16-30-27(32-24)31-21(3)22-11-7-6-8-12-22;2*1-2/h6-14,16,19,21,29H,4-5,15,17-18H2,1-3H3,(H,30,31,32);2*1-2H3/b26-25-;;. The largest absolute Gasteiger partial charge is 0.348 e. The van der Waals surface area contributed by atoms with Crippen molar-refractivity contribution in [2.75, 3.05) is 24.2 Å². The van der Waals surface area contributed by atoms with Crippen molar-refractivity contribution in [1.29, 1.82) is 0 Å². The van der Waals surface area contributed by atoms with E-state index in [2.05, 4.69) is 84.5 Å². The molecule has 0 spiro atoms. The van der Waals surface area contributed by atoms with E-state index in [1.807, 2.05) is 52.0 Å². The molecule has 0 aliphatic rings. The third-order valence-electron chi connectivity index (χ3n) is 5.15. The summed E-state index contributed by atoms with van der Waals surface area (Å²) in [4.78, 5) is 14.8. The lowest BCUT2D eigenvalue weighted by Crippen LogP contribution is -2.17. The minimum atomic E-state index is 0.0912. The Morgan fingerprint density at radius 2 is 1.73 bits per heavy atom. The maximum absolute atomic E-state index is 4.86. The van der Waals surface area contributed by atoms with Crippen molar-refractivity contribution >= 4 is 35.0 Å². The minimum Gasteiger partial charge on any atom is -0.348 e. The zero-order valence-electron chi connectivity index (χ0n) is 23.7. The Morgan fingerprint density at radius 1 is 1.00 bits per heavy atom. The van der Waals surface area contributed by atoms with E-state index in [4.69, 9.17) is 4.98 Å². The summed E-state index contributed by atoms with van der Waals surface area (Å²) in [7, 11) is 0. The van der Waals surface area contributed by atoms with Crippen LogP contribution in [0.25, 0.3) is 10.6 Å².